The van der Waals surface area contributed by atoms with Crippen molar-refractivity contribution in [1.29, 1.82) is 0 Å². The maximum absolute atomic E-state index is 5.34. The van der Waals surface area contributed by atoms with E-state index in [-0.39, 0.29) is 7.43 Å². The summed E-state index contributed by atoms with van der Waals surface area (Å²) in [5, 5.41) is 0. The molecule has 3 aromatic rings. The zero-order valence-electron chi connectivity index (χ0n) is 11.0. The molecule has 0 bridgehead atoms. The van der Waals surface area contributed by atoms with Crippen molar-refractivity contribution in [3.63, 3.8) is 0 Å². The van der Waals surface area contributed by atoms with E-state index >= 15 is 0 Å². The molecule has 4 nitrogen and oxygen atoms in total. The van der Waals surface area contributed by atoms with Gasteiger partial charge in [0.05, 0.1) is 29.9 Å². The van der Waals surface area contributed by atoms with Gasteiger partial charge in [-0.25, -0.2) is 4.98 Å². The summed E-state index contributed by atoms with van der Waals surface area (Å²) in [6, 6.07) is 15.2. The summed E-state index contributed by atoms with van der Waals surface area (Å²) in [6.45, 7) is 0. The van der Waals surface area contributed by atoms with Crippen molar-refractivity contribution in [2.45, 2.75) is 7.43 Å². The molecule has 3 rings (SSSR count). The van der Waals surface area contributed by atoms with Crippen LogP contribution >= 0.6 is 0 Å². The van der Waals surface area contributed by atoms with Crippen LogP contribution in [0.2, 0.25) is 0 Å². The van der Waals surface area contributed by atoms with Gasteiger partial charge in [-0.3, -0.25) is 9.97 Å². The smallest absolute Gasteiger partial charge is 0.123 e. The Morgan fingerprint density at radius 2 is 1.29 bits per heavy atom. The second-order valence-electron chi connectivity index (χ2n) is 4.21. The van der Waals surface area contributed by atoms with E-state index in [0.717, 1.165) is 28.5 Å². The molecule has 106 valence electrons. The van der Waals surface area contributed by atoms with Crippen LogP contribution in [0.5, 0.6) is 5.75 Å². The van der Waals surface area contributed by atoms with E-state index in [1.54, 1.807) is 19.5 Å². The Kier molecular flexibility index (Phi) is 4.61. The molecule has 0 spiro atoms. The molecule has 0 aliphatic heterocycles. The first-order chi connectivity index (χ1) is 9.86. The number of hydrogen-bond acceptors (Lipinski definition) is 4. The highest BCUT2D eigenvalue weighted by molar-refractivity contribution is 5.64. The minimum Gasteiger partial charge on any atom is -0.497 e. The van der Waals surface area contributed by atoms with Gasteiger partial charge in [0.15, 0.2) is 0 Å². The van der Waals surface area contributed by atoms with Gasteiger partial charge in [0.1, 0.15) is 5.75 Å². The fourth-order valence-corrected chi connectivity index (χ4v) is 1.91. The summed E-state index contributed by atoms with van der Waals surface area (Å²) in [6.07, 6.45) is 3.49. The first-order valence-corrected chi connectivity index (χ1v) is 6.26. The fraction of sp³-hybridized carbons (Fsp3) is 0.118. The van der Waals surface area contributed by atoms with Gasteiger partial charge < -0.3 is 4.74 Å². The molecular weight excluding hydrogens is 262 g/mol. The van der Waals surface area contributed by atoms with Crippen molar-refractivity contribution >= 4 is 0 Å². The summed E-state index contributed by atoms with van der Waals surface area (Å²) in [7, 11) is 1.64. The quantitative estimate of drug-likeness (QED) is 0.730. The molecule has 21 heavy (non-hydrogen) atoms. The Hall–Kier alpha value is -2.75. The second kappa shape index (κ2) is 6.61. The molecule has 0 aliphatic carbocycles. The van der Waals surface area contributed by atoms with Gasteiger partial charge in [-0.15, -0.1) is 0 Å². The summed E-state index contributed by atoms with van der Waals surface area (Å²) >= 11 is 0. The fourth-order valence-electron chi connectivity index (χ4n) is 1.91. The summed E-state index contributed by atoms with van der Waals surface area (Å²) in [5.41, 5.74) is 3.16. The lowest BCUT2D eigenvalue weighted by Gasteiger charge is -2.07. The number of ether oxygens (including phenoxy) is 1. The molecule has 0 fully saturated rings. The Labute approximate surface area is 124 Å². The predicted octanol–water partition coefficient (Wildman–Crippen LogP) is 3.85. The van der Waals surface area contributed by atoms with Crippen LogP contribution < -0.4 is 4.74 Å². The minimum absolute atomic E-state index is 0. The van der Waals surface area contributed by atoms with E-state index in [4.69, 9.17) is 4.74 Å². The molecule has 0 radical (unpaired) electrons. The average Bonchev–Trinajstić information content (AvgIpc) is 2.56. The number of pyridine rings is 3. The van der Waals surface area contributed by atoms with Crippen molar-refractivity contribution in [1.82, 2.24) is 15.0 Å². The van der Waals surface area contributed by atoms with Crippen molar-refractivity contribution in [2.75, 3.05) is 7.11 Å². The van der Waals surface area contributed by atoms with Gasteiger partial charge in [0.2, 0.25) is 0 Å². The van der Waals surface area contributed by atoms with Crippen LogP contribution in [-0.2, 0) is 0 Å². The molecule has 0 atom stereocenters. The molecule has 0 aromatic carbocycles. The highest BCUT2D eigenvalue weighted by Gasteiger charge is 2.08. The first-order valence-electron chi connectivity index (χ1n) is 6.26. The molecule has 0 aliphatic rings. The van der Waals surface area contributed by atoms with E-state index in [2.05, 4.69) is 15.0 Å². The summed E-state index contributed by atoms with van der Waals surface area (Å²) < 4.78 is 5.34. The first kappa shape index (κ1) is 14.7. The lowest BCUT2D eigenvalue weighted by Crippen LogP contribution is -1.94. The molecule has 0 amide bonds. The molecule has 0 N–H and O–H groups in total. The molecule has 3 heterocycles. The highest BCUT2D eigenvalue weighted by atomic mass is 16.5. The zero-order valence-corrected chi connectivity index (χ0v) is 11.0. The number of methoxy groups -OCH3 is 1. The normalized spacial score (nSPS) is 9.76. The second-order valence-corrected chi connectivity index (χ2v) is 4.21. The van der Waals surface area contributed by atoms with E-state index < -0.39 is 0 Å². The number of rotatable bonds is 3. The summed E-state index contributed by atoms with van der Waals surface area (Å²) in [4.78, 5) is 13.3. The lowest BCUT2D eigenvalue weighted by molar-refractivity contribution is 0.414. The Bertz CT molecular complexity index is 642. The van der Waals surface area contributed by atoms with E-state index in [9.17, 15) is 0 Å². The Balaban J connectivity index is 0.00000161. The third kappa shape index (κ3) is 3.23. The van der Waals surface area contributed by atoms with Crippen LogP contribution in [0.3, 0.4) is 0 Å². The van der Waals surface area contributed by atoms with Crippen molar-refractivity contribution in [2.24, 2.45) is 0 Å². The third-order valence-electron chi connectivity index (χ3n) is 2.89. The molecule has 0 saturated carbocycles. The van der Waals surface area contributed by atoms with Crippen LogP contribution in [0.1, 0.15) is 7.43 Å². The largest absolute Gasteiger partial charge is 0.497 e. The van der Waals surface area contributed by atoms with Crippen molar-refractivity contribution < 1.29 is 4.74 Å². The van der Waals surface area contributed by atoms with E-state index in [1.165, 1.54) is 0 Å². The maximum Gasteiger partial charge on any atom is 0.123 e. The van der Waals surface area contributed by atoms with Crippen LogP contribution in [0, 0.1) is 0 Å². The van der Waals surface area contributed by atoms with E-state index in [1.807, 2.05) is 48.5 Å². The predicted molar refractivity (Wildman–Crippen MR) is 84.0 cm³/mol. The van der Waals surface area contributed by atoms with E-state index in [0.29, 0.717) is 0 Å². The highest BCUT2D eigenvalue weighted by Crippen LogP contribution is 2.25. The average molecular weight is 279 g/mol. The van der Waals surface area contributed by atoms with Gasteiger partial charge in [-0.05, 0) is 24.3 Å². The van der Waals surface area contributed by atoms with Crippen LogP contribution in [-0.4, -0.2) is 22.1 Å². The SMILES string of the molecule is C.COc1cc(-c2ccccn2)nc(-c2ccccn2)c1. The van der Waals surface area contributed by atoms with Crippen LogP contribution in [0.25, 0.3) is 22.8 Å². The topological polar surface area (TPSA) is 47.9 Å². The lowest BCUT2D eigenvalue weighted by atomic mass is 10.2. The monoisotopic (exact) mass is 279 g/mol. The Morgan fingerprint density at radius 3 is 1.67 bits per heavy atom. The zero-order chi connectivity index (χ0) is 13.8. The molecular formula is C17H17N3O. The van der Waals surface area contributed by atoms with Gasteiger partial charge in [-0.2, -0.15) is 0 Å². The minimum atomic E-state index is 0. The standard InChI is InChI=1S/C16H13N3O.CH4/c1-20-12-10-15(13-6-2-4-8-17-13)19-16(11-12)14-7-3-5-9-18-14;/h2-11H,1H3;1H4. The molecule has 4 heteroatoms. The number of hydrogen-bond donors (Lipinski definition) is 0. The number of aromatic nitrogens is 3. The van der Waals surface area contributed by atoms with Crippen molar-refractivity contribution in [3.05, 3.63) is 60.9 Å². The van der Waals surface area contributed by atoms with Crippen molar-refractivity contribution in [3.8, 4) is 28.5 Å². The van der Waals surface area contributed by atoms with Gasteiger partial charge in [-0.1, -0.05) is 19.6 Å². The third-order valence-corrected chi connectivity index (χ3v) is 2.89. The number of nitrogens with zero attached hydrogens (tertiary/aromatic N) is 3. The van der Waals surface area contributed by atoms with Gasteiger partial charge >= 0.3 is 0 Å². The molecule has 0 saturated heterocycles. The van der Waals surface area contributed by atoms with Crippen LogP contribution in [0.4, 0.5) is 0 Å². The molecule has 0 unspecified atom stereocenters. The molecule has 3 aromatic heterocycles. The van der Waals surface area contributed by atoms with Gasteiger partial charge in [0.25, 0.3) is 0 Å². The Morgan fingerprint density at radius 1 is 0.762 bits per heavy atom. The van der Waals surface area contributed by atoms with Gasteiger partial charge in [0, 0.05) is 24.5 Å². The van der Waals surface area contributed by atoms with Crippen LogP contribution in [0.15, 0.2) is 60.9 Å². The summed E-state index contributed by atoms with van der Waals surface area (Å²) in [5.74, 6) is 0.737. The maximum atomic E-state index is 5.34.